The molecule has 0 heterocycles. The molecule has 1 aromatic carbocycles. The van der Waals surface area contributed by atoms with Crippen LogP contribution in [0, 0.1) is 5.82 Å². The van der Waals surface area contributed by atoms with Gasteiger partial charge in [-0.05, 0) is 12.1 Å². The first-order chi connectivity index (χ1) is 4.39. The second-order valence-electron chi connectivity index (χ2n) is 1.30. The van der Waals surface area contributed by atoms with Crippen molar-refractivity contribution in [2.24, 2.45) is 11.7 Å². The second-order valence-corrected chi connectivity index (χ2v) is 1.30. The minimum absolute atomic E-state index is 0. The number of nitrogens with two attached hydrogens (primary N) is 2. The molecule has 0 radical (unpaired) electrons. The van der Waals surface area contributed by atoms with Gasteiger partial charge in [0.2, 0.25) is 0 Å². The van der Waals surface area contributed by atoms with Crippen LogP contribution in [0.1, 0.15) is 0 Å². The molecule has 0 bridgehead atoms. The van der Waals surface area contributed by atoms with Crippen molar-refractivity contribution in [3.05, 3.63) is 36.1 Å². The third-order valence-electron chi connectivity index (χ3n) is 0.733. The molecule has 0 aliphatic rings. The van der Waals surface area contributed by atoms with Crippen molar-refractivity contribution >= 4 is 12.4 Å². The first-order valence-electron chi connectivity index (χ1n) is 2.43. The maximum absolute atomic E-state index is 11.9. The van der Waals surface area contributed by atoms with Crippen molar-refractivity contribution in [3.8, 4) is 0 Å². The van der Waals surface area contributed by atoms with Gasteiger partial charge in [-0.15, -0.1) is 12.4 Å². The predicted molar refractivity (Wildman–Crippen MR) is 42.0 cm³/mol. The van der Waals surface area contributed by atoms with Crippen LogP contribution in [0.5, 0.6) is 0 Å². The summed E-state index contributed by atoms with van der Waals surface area (Å²) in [5.74, 6) is 7.82. The Morgan fingerprint density at radius 3 is 1.60 bits per heavy atom. The molecule has 0 aliphatic heterocycles. The third kappa shape index (κ3) is 5.50. The van der Waals surface area contributed by atoms with Crippen LogP contribution in [-0.2, 0) is 0 Å². The van der Waals surface area contributed by atoms with Gasteiger partial charge in [0.15, 0.2) is 0 Å². The van der Waals surface area contributed by atoms with E-state index in [2.05, 4.69) is 11.7 Å². The molecule has 10 heavy (non-hydrogen) atoms. The number of hydrazine groups is 1. The van der Waals surface area contributed by atoms with Crippen LogP contribution in [0.2, 0.25) is 0 Å². The largest absolute Gasteiger partial charge is 0.274 e. The van der Waals surface area contributed by atoms with Crippen LogP contribution in [0.3, 0.4) is 0 Å². The number of halogens is 2. The summed E-state index contributed by atoms with van der Waals surface area (Å²) in [6.45, 7) is 0. The number of benzene rings is 1. The summed E-state index contributed by atoms with van der Waals surface area (Å²) in [5.41, 5.74) is 0. The topological polar surface area (TPSA) is 52.0 Å². The number of hydrogen-bond acceptors (Lipinski definition) is 2. The van der Waals surface area contributed by atoms with Crippen LogP contribution in [0.25, 0.3) is 0 Å². The highest BCUT2D eigenvalue weighted by molar-refractivity contribution is 5.85. The summed E-state index contributed by atoms with van der Waals surface area (Å²) < 4.78 is 11.9. The van der Waals surface area contributed by atoms with Gasteiger partial charge in [-0.25, -0.2) is 4.39 Å². The zero-order chi connectivity index (χ0) is 7.11. The summed E-state index contributed by atoms with van der Waals surface area (Å²) in [5, 5.41) is 0. The van der Waals surface area contributed by atoms with E-state index in [0.717, 1.165) is 0 Å². The summed E-state index contributed by atoms with van der Waals surface area (Å²) in [7, 11) is 0. The van der Waals surface area contributed by atoms with E-state index < -0.39 is 0 Å². The molecule has 0 fully saturated rings. The Balaban J connectivity index is 0. The standard InChI is InChI=1S/C6H5F.ClH.H4N2/c7-6-4-2-1-3-5-6;;1-2/h1-5H;1H;1-2H2. The zero-order valence-corrected chi connectivity index (χ0v) is 6.14. The molecule has 2 nitrogen and oxygen atoms in total. The van der Waals surface area contributed by atoms with Crippen LogP contribution >= 0.6 is 12.4 Å². The Kier molecular flexibility index (Phi) is 10.1. The van der Waals surface area contributed by atoms with Crippen molar-refractivity contribution in [1.82, 2.24) is 0 Å². The predicted octanol–water partition coefficient (Wildman–Crippen LogP) is 1.07. The van der Waals surface area contributed by atoms with E-state index >= 15 is 0 Å². The van der Waals surface area contributed by atoms with E-state index in [-0.39, 0.29) is 18.2 Å². The summed E-state index contributed by atoms with van der Waals surface area (Å²) in [6, 6.07) is 7.94. The Hall–Kier alpha value is -0.640. The maximum atomic E-state index is 11.9. The Bertz CT molecular complexity index is 146. The Morgan fingerprint density at radius 2 is 1.40 bits per heavy atom. The van der Waals surface area contributed by atoms with E-state index in [1.54, 1.807) is 18.2 Å². The highest BCUT2D eigenvalue weighted by Gasteiger charge is 1.77. The minimum atomic E-state index is -0.178. The molecule has 0 amide bonds. The van der Waals surface area contributed by atoms with Crippen molar-refractivity contribution < 1.29 is 4.39 Å². The molecule has 0 saturated heterocycles. The first kappa shape index (κ1) is 12.1. The van der Waals surface area contributed by atoms with E-state index in [9.17, 15) is 4.39 Å². The van der Waals surface area contributed by atoms with Crippen LogP contribution < -0.4 is 11.7 Å². The monoisotopic (exact) mass is 164 g/mol. The quantitative estimate of drug-likeness (QED) is 0.445. The molecular formula is C6H10ClFN2. The first-order valence-corrected chi connectivity index (χ1v) is 2.43. The van der Waals surface area contributed by atoms with Crippen molar-refractivity contribution in [2.45, 2.75) is 0 Å². The van der Waals surface area contributed by atoms with Gasteiger partial charge in [-0.1, -0.05) is 18.2 Å². The molecule has 0 spiro atoms. The summed E-state index contributed by atoms with van der Waals surface area (Å²) >= 11 is 0. The molecular weight excluding hydrogens is 155 g/mol. The molecule has 0 saturated carbocycles. The molecule has 4 heteroatoms. The lowest BCUT2D eigenvalue weighted by molar-refractivity contribution is 0.628. The smallest absolute Gasteiger partial charge is 0.123 e. The molecule has 0 atom stereocenters. The molecule has 4 N–H and O–H groups in total. The van der Waals surface area contributed by atoms with Crippen molar-refractivity contribution in [3.63, 3.8) is 0 Å². The average molecular weight is 165 g/mol. The van der Waals surface area contributed by atoms with E-state index in [1.165, 1.54) is 12.1 Å². The van der Waals surface area contributed by atoms with Gasteiger partial charge < -0.3 is 0 Å². The fourth-order valence-electron chi connectivity index (χ4n) is 0.415. The fourth-order valence-corrected chi connectivity index (χ4v) is 0.415. The second kappa shape index (κ2) is 8.36. The summed E-state index contributed by atoms with van der Waals surface area (Å²) in [4.78, 5) is 0. The lowest BCUT2D eigenvalue weighted by Gasteiger charge is -1.78. The van der Waals surface area contributed by atoms with Crippen molar-refractivity contribution in [2.75, 3.05) is 0 Å². The lowest BCUT2D eigenvalue weighted by Crippen LogP contribution is -2.02. The van der Waals surface area contributed by atoms with Crippen molar-refractivity contribution in [1.29, 1.82) is 0 Å². The van der Waals surface area contributed by atoms with Gasteiger partial charge in [-0.2, -0.15) is 0 Å². The van der Waals surface area contributed by atoms with Gasteiger partial charge in [0, 0.05) is 0 Å². The minimum Gasteiger partial charge on any atom is -0.274 e. The molecule has 1 aromatic rings. The van der Waals surface area contributed by atoms with E-state index in [4.69, 9.17) is 0 Å². The van der Waals surface area contributed by atoms with Crippen LogP contribution in [0.4, 0.5) is 4.39 Å². The normalized spacial score (nSPS) is 6.70. The Labute approximate surface area is 65.4 Å². The van der Waals surface area contributed by atoms with Gasteiger partial charge in [0.1, 0.15) is 5.82 Å². The van der Waals surface area contributed by atoms with Crippen LogP contribution in [-0.4, -0.2) is 0 Å². The lowest BCUT2D eigenvalue weighted by atomic mass is 10.4. The molecule has 0 unspecified atom stereocenters. The van der Waals surface area contributed by atoms with E-state index in [1.807, 2.05) is 0 Å². The number of rotatable bonds is 0. The summed E-state index contributed by atoms with van der Waals surface area (Å²) in [6.07, 6.45) is 0. The van der Waals surface area contributed by atoms with Gasteiger partial charge in [0.05, 0.1) is 0 Å². The van der Waals surface area contributed by atoms with Gasteiger partial charge in [0.25, 0.3) is 0 Å². The average Bonchev–Trinajstić information content (AvgIpc) is 1.94. The van der Waals surface area contributed by atoms with Gasteiger partial charge >= 0.3 is 0 Å². The highest BCUT2D eigenvalue weighted by atomic mass is 35.5. The maximum Gasteiger partial charge on any atom is 0.123 e. The highest BCUT2D eigenvalue weighted by Crippen LogP contribution is 1.91. The fraction of sp³-hybridized carbons (Fsp3) is 0. The third-order valence-corrected chi connectivity index (χ3v) is 0.733. The molecule has 1 rings (SSSR count). The Morgan fingerprint density at radius 1 is 1.00 bits per heavy atom. The SMILES string of the molecule is Cl.Fc1ccccc1.NN. The van der Waals surface area contributed by atoms with Crippen LogP contribution in [0.15, 0.2) is 30.3 Å². The zero-order valence-electron chi connectivity index (χ0n) is 5.33. The van der Waals surface area contributed by atoms with E-state index in [0.29, 0.717) is 0 Å². The number of hydrogen-bond donors (Lipinski definition) is 2. The van der Waals surface area contributed by atoms with Gasteiger partial charge in [-0.3, -0.25) is 11.7 Å². The molecule has 58 valence electrons. The molecule has 0 aliphatic carbocycles. The molecule has 0 aromatic heterocycles.